The van der Waals surface area contributed by atoms with Gasteiger partial charge in [-0.2, -0.15) is 0 Å². The molecule has 15 heavy (non-hydrogen) atoms. The Morgan fingerprint density at radius 2 is 2.27 bits per heavy atom. The van der Waals surface area contributed by atoms with Gasteiger partial charge in [-0.15, -0.1) is 0 Å². The first-order valence-electron chi connectivity index (χ1n) is 5.32. The van der Waals surface area contributed by atoms with Gasteiger partial charge in [0.05, 0.1) is 6.10 Å². The molecular weight excluding hydrogens is 186 g/mol. The lowest BCUT2D eigenvalue weighted by atomic mass is 10.1. The number of hydrogen-bond donors (Lipinski definition) is 2. The van der Waals surface area contributed by atoms with Crippen molar-refractivity contribution in [2.75, 3.05) is 11.9 Å². The Balaban J connectivity index is 2.61. The van der Waals surface area contributed by atoms with Gasteiger partial charge in [-0.1, -0.05) is 31.2 Å². The van der Waals surface area contributed by atoms with Crippen LogP contribution in [0.2, 0.25) is 0 Å². The first-order chi connectivity index (χ1) is 7.13. The maximum absolute atomic E-state index is 9.43. The highest BCUT2D eigenvalue weighted by molar-refractivity contribution is 5.47. The summed E-state index contributed by atoms with van der Waals surface area (Å²) in [5.41, 5.74) is 3.14. The third-order valence-corrected chi connectivity index (χ3v) is 2.41. The summed E-state index contributed by atoms with van der Waals surface area (Å²) < 4.78 is 0. The van der Waals surface area contributed by atoms with Crippen molar-refractivity contribution in [1.29, 1.82) is 0 Å². The zero-order valence-corrected chi connectivity index (χ0v) is 9.46. The second-order valence-electron chi connectivity index (χ2n) is 3.76. The van der Waals surface area contributed by atoms with Crippen molar-refractivity contribution in [3.8, 4) is 0 Å². The first-order valence-corrected chi connectivity index (χ1v) is 5.32. The molecule has 0 fully saturated rings. The van der Waals surface area contributed by atoms with Crippen LogP contribution in [-0.2, 0) is 0 Å². The van der Waals surface area contributed by atoms with Crippen LogP contribution >= 0.6 is 0 Å². The van der Waals surface area contributed by atoms with E-state index < -0.39 is 6.10 Å². The average molecular weight is 205 g/mol. The molecule has 1 aromatic rings. The highest BCUT2D eigenvalue weighted by atomic mass is 16.3. The van der Waals surface area contributed by atoms with Crippen molar-refractivity contribution >= 4 is 5.69 Å². The van der Waals surface area contributed by atoms with E-state index in [1.165, 1.54) is 5.57 Å². The zero-order chi connectivity index (χ0) is 11.3. The average Bonchev–Trinajstić information content (AvgIpc) is 2.26. The van der Waals surface area contributed by atoms with Gasteiger partial charge in [-0.05, 0) is 31.0 Å². The quantitative estimate of drug-likeness (QED) is 0.724. The molecular formula is C13H19NO. The Bertz CT molecular complexity index is 331. The number of rotatable bonds is 5. The lowest BCUT2D eigenvalue weighted by Gasteiger charge is -2.10. The molecule has 0 aromatic heterocycles. The number of nitrogens with one attached hydrogen (secondary N) is 1. The molecule has 2 heteroatoms. The van der Waals surface area contributed by atoms with Crippen LogP contribution in [0.25, 0.3) is 0 Å². The lowest BCUT2D eigenvalue weighted by molar-refractivity contribution is 0.199. The second kappa shape index (κ2) is 5.56. The molecule has 0 heterocycles. The zero-order valence-electron chi connectivity index (χ0n) is 9.46. The minimum absolute atomic E-state index is 0.416. The smallest absolute Gasteiger partial charge is 0.0762 e. The summed E-state index contributed by atoms with van der Waals surface area (Å²) in [5.74, 6) is 0. The molecule has 0 aliphatic rings. The number of hydrogen-bond acceptors (Lipinski definition) is 2. The summed E-state index contributed by atoms with van der Waals surface area (Å²) in [7, 11) is 0. The van der Waals surface area contributed by atoms with E-state index in [2.05, 4.69) is 18.8 Å². The monoisotopic (exact) mass is 205 g/mol. The van der Waals surface area contributed by atoms with Crippen LogP contribution in [-0.4, -0.2) is 11.7 Å². The number of benzene rings is 1. The van der Waals surface area contributed by atoms with Crippen LogP contribution < -0.4 is 5.32 Å². The van der Waals surface area contributed by atoms with Gasteiger partial charge in [0.25, 0.3) is 0 Å². The van der Waals surface area contributed by atoms with Crippen LogP contribution in [0, 0.1) is 0 Å². The molecule has 0 amide bonds. The Labute approximate surface area is 91.6 Å². The van der Waals surface area contributed by atoms with E-state index >= 15 is 0 Å². The van der Waals surface area contributed by atoms with Crippen LogP contribution in [0.4, 0.5) is 5.69 Å². The summed E-state index contributed by atoms with van der Waals surface area (Å²) in [6.07, 6.45) is 0.574. The van der Waals surface area contributed by atoms with Crippen molar-refractivity contribution in [2.45, 2.75) is 26.4 Å². The molecule has 0 saturated heterocycles. The minimum atomic E-state index is -0.416. The van der Waals surface area contributed by atoms with Crippen molar-refractivity contribution in [3.05, 3.63) is 42.0 Å². The van der Waals surface area contributed by atoms with Gasteiger partial charge in [0.2, 0.25) is 0 Å². The second-order valence-corrected chi connectivity index (χ2v) is 3.76. The summed E-state index contributed by atoms with van der Waals surface area (Å²) in [5, 5.41) is 12.7. The van der Waals surface area contributed by atoms with Gasteiger partial charge in [0, 0.05) is 12.2 Å². The maximum Gasteiger partial charge on any atom is 0.0762 e. The van der Waals surface area contributed by atoms with E-state index in [1.807, 2.05) is 24.3 Å². The van der Waals surface area contributed by atoms with Crippen LogP contribution in [0.1, 0.15) is 31.9 Å². The molecule has 1 unspecified atom stereocenters. The Morgan fingerprint density at radius 1 is 1.53 bits per heavy atom. The van der Waals surface area contributed by atoms with Gasteiger partial charge in [-0.25, -0.2) is 0 Å². The number of anilines is 1. The predicted octanol–water partition coefficient (Wildman–Crippen LogP) is 3.12. The third-order valence-electron chi connectivity index (χ3n) is 2.41. The summed E-state index contributed by atoms with van der Waals surface area (Å²) in [6, 6.07) is 7.83. The van der Waals surface area contributed by atoms with E-state index in [9.17, 15) is 5.11 Å². The Morgan fingerprint density at radius 3 is 2.87 bits per heavy atom. The fourth-order valence-electron chi connectivity index (χ4n) is 1.26. The molecule has 2 N–H and O–H groups in total. The van der Waals surface area contributed by atoms with E-state index in [1.54, 1.807) is 6.92 Å². The molecule has 1 rings (SSSR count). The van der Waals surface area contributed by atoms with Crippen molar-refractivity contribution in [1.82, 2.24) is 0 Å². The molecule has 82 valence electrons. The number of aliphatic hydroxyl groups is 1. The van der Waals surface area contributed by atoms with E-state index in [4.69, 9.17) is 0 Å². The Hall–Kier alpha value is -1.28. The molecule has 0 radical (unpaired) electrons. The van der Waals surface area contributed by atoms with Gasteiger partial charge in [0.15, 0.2) is 0 Å². The summed E-state index contributed by atoms with van der Waals surface area (Å²) in [4.78, 5) is 0. The van der Waals surface area contributed by atoms with Gasteiger partial charge in [0.1, 0.15) is 0 Å². The Kier molecular flexibility index (Phi) is 4.37. The molecule has 0 aliphatic carbocycles. The highest BCUT2D eigenvalue weighted by Crippen LogP contribution is 2.17. The first kappa shape index (κ1) is 11.8. The minimum Gasteiger partial charge on any atom is -0.389 e. The molecule has 0 bridgehead atoms. The topological polar surface area (TPSA) is 32.3 Å². The van der Waals surface area contributed by atoms with Crippen molar-refractivity contribution in [3.63, 3.8) is 0 Å². The summed E-state index contributed by atoms with van der Waals surface area (Å²) in [6.45, 7) is 8.59. The molecule has 0 aliphatic heterocycles. The number of aliphatic hydroxyl groups excluding tert-OH is 1. The normalized spacial score (nSPS) is 12.2. The molecule has 0 spiro atoms. The van der Waals surface area contributed by atoms with Gasteiger partial charge in [-0.3, -0.25) is 0 Å². The SMILES string of the molecule is C=C(CC)CNc1cccc(C(C)O)c1. The predicted molar refractivity (Wildman–Crippen MR) is 65.0 cm³/mol. The highest BCUT2D eigenvalue weighted by Gasteiger charge is 2.01. The standard InChI is InChI=1S/C13H19NO/c1-4-10(2)9-14-13-7-5-6-12(8-13)11(3)15/h5-8,11,14-15H,2,4,9H2,1,3H3. The molecule has 0 saturated carbocycles. The van der Waals surface area contributed by atoms with Gasteiger partial charge < -0.3 is 10.4 Å². The maximum atomic E-state index is 9.43. The van der Waals surface area contributed by atoms with E-state index in [-0.39, 0.29) is 0 Å². The fourth-order valence-corrected chi connectivity index (χ4v) is 1.26. The molecule has 2 nitrogen and oxygen atoms in total. The summed E-state index contributed by atoms with van der Waals surface area (Å²) >= 11 is 0. The van der Waals surface area contributed by atoms with Crippen molar-refractivity contribution < 1.29 is 5.11 Å². The van der Waals surface area contributed by atoms with Crippen molar-refractivity contribution in [2.24, 2.45) is 0 Å². The lowest BCUT2D eigenvalue weighted by Crippen LogP contribution is -2.04. The molecule has 1 aromatic carbocycles. The molecule has 1 atom stereocenters. The van der Waals surface area contributed by atoms with E-state index in [0.717, 1.165) is 24.2 Å². The van der Waals surface area contributed by atoms with E-state index in [0.29, 0.717) is 0 Å². The van der Waals surface area contributed by atoms with Gasteiger partial charge >= 0.3 is 0 Å². The largest absolute Gasteiger partial charge is 0.389 e. The fraction of sp³-hybridized carbons (Fsp3) is 0.385. The van der Waals surface area contributed by atoms with Crippen LogP contribution in [0.15, 0.2) is 36.4 Å². The van der Waals surface area contributed by atoms with Crippen LogP contribution in [0.3, 0.4) is 0 Å². The van der Waals surface area contributed by atoms with Crippen LogP contribution in [0.5, 0.6) is 0 Å². The third kappa shape index (κ3) is 3.76.